The quantitative estimate of drug-likeness (QED) is 0.155. The lowest BCUT2D eigenvalue weighted by Gasteiger charge is -2.45. The third kappa shape index (κ3) is 13.8. The SMILES string of the molecule is CC(C)(C)c1ccc(N2c3ccc(C(C)(C)C)cc3B3c4cc(C(C)(C)C)ccc4N(c4ccc(C(C)(C)C)cc4)c4cc(-n5c6ccccc6c6ccccc65)cc2c43)cc1.[2H]c1c([2H])c([2H])c2c(c1[2H])c1c([2H])c([2H])c([2H])c([2H])c1n2-c1cc2c3c(c1)N(c1ccc(C(C)(C)C)cc1)c1ccc(C(C)(C)C)cc1B3c1cc(C(C)(C)C)ccc1N2c1ccc(C(C)(C)C)cc1. The number of rotatable bonds is 6. The number of nitrogens with zero attached hydrogens (tertiary/aromatic N) is 6. The Hall–Kier alpha value is -12.0. The van der Waals surface area contributed by atoms with Gasteiger partial charge in [0.15, 0.2) is 0 Å². The van der Waals surface area contributed by atoms with Crippen molar-refractivity contribution in [3.8, 4) is 11.4 Å². The van der Waals surface area contributed by atoms with E-state index in [1.165, 1.54) is 105 Å². The summed E-state index contributed by atoms with van der Waals surface area (Å²) in [5.41, 5.74) is 34.0. The van der Waals surface area contributed by atoms with E-state index in [4.69, 9.17) is 5.48 Å². The van der Waals surface area contributed by atoms with Gasteiger partial charge in [-0.3, -0.25) is 0 Å². The van der Waals surface area contributed by atoms with Crippen molar-refractivity contribution in [1.29, 1.82) is 0 Å². The van der Waals surface area contributed by atoms with Crippen molar-refractivity contribution < 1.29 is 11.0 Å². The molecule has 0 atom stereocenters. The summed E-state index contributed by atoms with van der Waals surface area (Å²) in [6.07, 6.45) is 0. The van der Waals surface area contributed by atoms with Gasteiger partial charge in [-0.2, -0.15) is 0 Å². The minimum Gasteiger partial charge on any atom is -0.311 e. The summed E-state index contributed by atoms with van der Waals surface area (Å²) in [5, 5.41) is 2.61. The molecule has 14 aromatic carbocycles. The highest BCUT2D eigenvalue weighted by Gasteiger charge is 2.48. The van der Waals surface area contributed by atoms with E-state index < -0.39 is 24.2 Å². The molecule has 0 spiro atoms. The Morgan fingerprint density at radius 2 is 0.419 bits per heavy atom. The van der Waals surface area contributed by atoms with Crippen LogP contribution in [0.15, 0.2) is 291 Å². The molecule has 0 fully saturated rings. The first-order chi connectivity index (χ1) is 61.9. The van der Waals surface area contributed by atoms with Gasteiger partial charge in [0, 0.05) is 89.8 Å². The zero-order valence-electron chi connectivity index (χ0n) is 84.9. The molecule has 6 heterocycles. The number of benzene rings is 14. The van der Waals surface area contributed by atoms with Gasteiger partial charge in [-0.05, 0) is 242 Å². The average Bonchev–Trinajstić information content (AvgIpc) is 0.792. The first kappa shape index (κ1) is 72.5. The van der Waals surface area contributed by atoms with Crippen molar-refractivity contribution in [3.05, 3.63) is 336 Å². The largest absolute Gasteiger partial charge is 0.311 e. The minimum atomic E-state index is -0.473. The molecular formula is C116H120B2N6. The maximum Gasteiger partial charge on any atom is 0.252 e. The summed E-state index contributed by atoms with van der Waals surface area (Å²) in [6, 6.07) is 88.1. The molecule has 0 aliphatic carbocycles. The van der Waals surface area contributed by atoms with Crippen LogP contribution in [0.3, 0.4) is 0 Å². The van der Waals surface area contributed by atoms with E-state index in [1.807, 2.05) is 0 Å². The summed E-state index contributed by atoms with van der Waals surface area (Å²) >= 11 is 0. The fourth-order valence-electron chi connectivity index (χ4n) is 19.5. The summed E-state index contributed by atoms with van der Waals surface area (Å²) in [5.74, 6) is 0. The van der Waals surface area contributed by atoms with Crippen molar-refractivity contribution in [2.24, 2.45) is 0 Å². The van der Waals surface area contributed by atoms with Crippen molar-refractivity contribution in [1.82, 2.24) is 9.13 Å². The summed E-state index contributed by atoms with van der Waals surface area (Å²) in [7, 11) is 0. The maximum absolute atomic E-state index is 9.50. The second-order valence-electron chi connectivity index (χ2n) is 43.4. The van der Waals surface area contributed by atoms with Crippen molar-refractivity contribution in [2.45, 2.75) is 209 Å². The molecule has 620 valence electrons. The Morgan fingerprint density at radius 3 is 0.661 bits per heavy atom. The molecule has 0 radical (unpaired) electrons. The number of fused-ring (bicyclic) bond motifs is 14. The van der Waals surface area contributed by atoms with Gasteiger partial charge in [0.2, 0.25) is 0 Å². The van der Waals surface area contributed by atoms with Gasteiger partial charge < -0.3 is 28.7 Å². The van der Waals surface area contributed by atoms with Gasteiger partial charge in [0.25, 0.3) is 13.4 Å². The van der Waals surface area contributed by atoms with Crippen LogP contribution in [0.1, 0.15) is 222 Å². The maximum atomic E-state index is 9.50. The van der Waals surface area contributed by atoms with Crippen LogP contribution in [0.2, 0.25) is 0 Å². The van der Waals surface area contributed by atoms with Crippen LogP contribution in [0.5, 0.6) is 0 Å². The summed E-state index contributed by atoms with van der Waals surface area (Å²) in [6.45, 7) is 54.3. The number of aromatic nitrogens is 2. The molecule has 2 aromatic heterocycles. The van der Waals surface area contributed by atoms with Crippen LogP contribution in [0, 0.1) is 0 Å². The third-order valence-corrected chi connectivity index (χ3v) is 26.7. The van der Waals surface area contributed by atoms with Crippen molar-refractivity contribution in [2.75, 3.05) is 19.6 Å². The normalized spacial score (nSPS) is 14.9. The molecule has 0 N–H and O–H groups in total. The van der Waals surface area contributed by atoms with E-state index in [1.54, 1.807) is 4.57 Å². The Balaban J connectivity index is 0.000000172. The van der Waals surface area contributed by atoms with Crippen molar-refractivity contribution in [3.63, 3.8) is 0 Å². The summed E-state index contributed by atoms with van der Waals surface area (Å²) < 4.78 is 77.2. The molecule has 20 rings (SSSR count). The van der Waals surface area contributed by atoms with Crippen LogP contribution in [0.4, 0.5) is 68.2 Å². The molecule has 0 saturated carbocycles. The van der Waals surface area contributed by atoms with E-state index in [-0.39, 0.29) is 103 Å². The Bertz CT molecular complexity index is 7030. The highest BCUT2D eigenvalue weighted by atomic mass is 15.2. The first-order valence-electron chi connectivity index (χ1n) is 48.5. The molecule has 0 unspecified atom stereocenters. The lowest BCUT2D eigenvalue weighted by molar-refractivity contribution is 0.590. The van der Waals surface area contributed by atoms with E-state index in [0.717, 1.165) is 67.6 Å². The van der Waals surface area contributed by atoms with E-state index >= 15 is 0 Å². The second-order valence-corrected chi connectivity index (χ2v) is 43.4. The van der Waals surface area contributed by atoms with Gasteiger partial charge in [0.05, 0.1) is 44.4 Å². The molecule has 0 amide bonds. The third-order valence-electron chi connectivity index (χ3n) is 26.7. The molecule has 4 aliphatic rings. The van der Waals surface area contributed by atoms with Crippen LogP contribution < -0.4 is 52.4 Å². The molecule has 4 aliphatic heterocycles. The van der Waals surface area contributed by atoms with Gasteiger partial charge in [-0.15, -0.1) is 0 Å². The number of hydrogen-bond acceptors (Lipinski definition) is 4. The highest BCUT2D eigenvalue weighted by molar-refractivity contribution is 7.01. The summed E-state index contributed by atoms with van der Waals surface area (Å²) in [4.78, 5) is 9.76. The predicted octanol–water partition coefficient (Wildman–Crippen LogP) is 28.1. The molecule has 0 bridgehead atoms. The molecule has 124 heavy (non-hydrogen) atoms. The highest BCUT2D eigenvalue weighted by Crippen LogP contribution is 2.52. The molecule has 16 aromatic rings. The van der Waals surface area contributed by atoms with Gasteiger partial charge in [0.1, 0.15) is 0 Å². The fraction of sp³-hybridized carbons (Fsp3) is 0.276. The molecule has 8 heteroatoms. The van der Waals surface area contributed by atoms with Crippen LogP contribution >= 0.6 is 0 Å². The number of anilines is 12. The van der Waals surface area contributed by atoms with Gasteiger partial charge in [-0.25, -0.2) is 0 Å². The lowest BCUT2D eigenvalue weighted by atomic mass is 9.33. The van der Waals surface area contributed by atoms with Crippen LogP contribution in [0.25, 0.3) is 55.0 Å². The van der Waals surface area contributed by atoms with Crippen molar-refractivity contribution >= 4 is 158 Å². The van der Waals surface area contributed by atoms with Crippen LogP contribution in [-0.2, 0) is 43.3 Å². The molecular weight excluding hydrogens is 1500 g/mol. The Morgan fingerprint density at radius 1 is 0.202 bits per heavy atom. The fourth-order valence-corrected chi connectivity index (χ4v) is 19.5. The van der Waals surface area contributed by atoms with Gasteiger partial charge in [-0.1, -0.05) is 336 Å². The molecule has 0 saturated heterocycles. The minimum absolute atomic E-state index is 0.0111. The standard InChI is InChI=1S/2C58H60BN3/c2*1-55(2,3)37-21-27-41(28-22-37)60-50-31-25-39(57(7,8)9)33-46(50)59-47-34-40(58(10,11)12)26-32-51(47)61(42-29-23-38(24-30-42)56(4,5)6)53-36-43(35-52(60)54(53)59)62-48-19-15-13-17-44(48)45-18-14-16-20-49(45)62/h2*13-36H,1-12H3/i13D,14D,15D,16D,17D,18D,19D,20D;. The first-order valence-corrected chi connectivity index (χ1v) is 44.5. The second kappa shape index (κ2) is 28.8. The Labute approximate surface area is 749 Å². The van der Waals surface area contributed by atoms with E-state index in [0.29, 0.717) is 5.69 Å². The van der Waals surface area contributed by atoms with E-state index in [2.05, 4.69) is 433 Å². The average molecular weight is 1630 g/mol. The Kier molecular flexibility index (Phi) is 16.8. The topological polar surface area (TPSA) is 22.8 Å². The van der Waals surface area contributed by atoms with Crippen LogP contribution in [-0.4, -0.2) is 22.6 Å². The van der Waals surface area contributed by atoms with Gasteiger partial charge >= 0.3 is 0 Å². The van der Waals surface area contributed by atoms with E-state index in [9.17, 15) is 5.48 Å². The lowest BCUT2D eigenvalue weighted by Crippen LogP contribution is -2.61. The monoisotopic (exact) mass is 1630 g/mol. The number of hydrogen-bond donors (Lipinski definition) is 0. The zero-order valence-corrected chi connectivity index (χ0v) is 76.9. The number of para-hydroxylation sites is 4. The smallest absolute Gasteiger partial charge is 0.252 e. The molecule has 6 nitrogen and oxygen atoms in total. The predicted molar refractivity (Wildman–Crippen MR) is 539 cm³/mol. The zero-order chi connectivity index (χ0) is 94.3.